The molecule has 3 saturated heterocycles. The van der Waals surface area contributed by atoms with Gasteiger partial charge in [-0.05, 0) is 96.5 Å². The van der Waals surface area contributed by atoms with Gasteiger partial charge in [-0.1, -0.05) is 64.1 Å². The number of amides is 1. The van der Waals surface area contributed by atoms with Gasteiger partial charge in [0.05, 0.1) is 30.2 Å². The monoisotopic (exact) mass is 957 g/mol. The summed E-state index contributed by atoms with van der Waals surface area (Å²) in [5.74, 6) is -5.92. The summed E-state index contributed by atoms with van der Waals surface area (Å²) in [5.41, 5.74) is -0.370. The minimum Gasteiger partial charge on any atom is -0.461 e. The number of benzene rings is 1. The van der Waals surface area contributed by atoms with Crippen molar-refractivity contribution in [3.8, 4) is 11.3 Å². The zero-order valence-electron chi connectivity index (χ0n) is 41.1. The van der Waals surface area contributed by atoms with Crippen molar-refractivity contribution in [3.63, 3.8) is 0 Å². The molecule has 3 aliphatic heterocycles. The largest absolute Gasteiger partial charge is 0.509 e. The van der Waals surface area contributed by atoms with E-state index in [9.17, 15) is 29.1 Å². The number of aliphatic hydroxyl groups excluding tert-OH is 1. The van der Waals surface area contributed by atoms with Crippen LogP contribution in [0.4, 0.5) is 9.59 Å². The molecule has 0 bridgehead atoms. The lowest BCUT2D eigenvalue weighted by Gasteiger charge is -2.48. The van der Waals surface area contributed by atoms with Crippen LogP contribution in [0.1, 0.15) is 85.8 Å². The normalized spacial score (nSPS) is 33.4. The lowest BCUT2D eigenvalue weighted by molar-refractivity contribution is -0.300. The van der Waals surface area contributed by atoms with Crippen LogP contribution in [0.3, 0.4) is 0 Å². The van der Waals surface area contributed by atoms with Crippen molar-refractivity contribution in [2.75, 3.05) is 20.7 Å². The maximum atomic E-state index is 14.7. The SMILES string of the molecule is CC[C@H]1OC(=O)[C@H](C)[C@@H](OC(=O)Cc2cccnc2)[C@H](C)[C@@H](O[C@@H]2O[C@H](C)C[C@H](N(C)C)[C@H]2O)[C@](C)(OC(=O)OC/C=C/c2ccc(-c3cccnn3)cc2)C[C@@H](C)C(=O)[C@H](C)[C@@H]2NC(=O)O[C@]12C. The molecule has 69 heavy (non-hydrogen) atoms. The average molecular weight is 958 g/mol. The molecule has 3 aromatic rings. The van der Waals surface area contributed by atoms with Gasteiger partial charge in [-0.15, -0.1) is 0 Å². The number of hydrogen-bond donors (Lipinski definition) is 2. The van der Waals surface area contributed by atoms with Crippen molar-refractivity contribution in [2.24, 2.45) is 23.7 Å². The van der Waals surface area contributed by atoms with Crippen LogP contribution >= 0.6 is 0 Å². The lowest BCUT2D eigenvalue weighted by atomic mass is 9.73. The second kappa shape index (κ2) is 22.7. The average Bonchev–Trinajstić information content (AvgIpc) is 3.64. The van der Waals surface area contributed by atoms with E-state index >= 15 is 0 Å². The molecular weight excluding hydrogens is 891 g/mol. The molecule has 3 fully saturated rings. The number of esters is 2. The maximum absolute atomic E-state index is 14.7. The summed E-state index contributed by atoms with van der Waals surface area (Å²) < 4.78 is 43.5. The number of pyridine rings is 1. The third-order valence-electron chi connectivity index (χ3n) is 13.7. The Morgan fingerprint density at radius 1 is 0.986 bits per heavy atom. The molecule has 18 nitrogen and oxygen atoms in total. The standard InChI is InChI=1S/C51H67N5O13/c1-11-39-51(8)44(54-48(61)68-51)31(4)41(58)29(2)27-50(7,69-49(62)63-24-14-16-34-18-20-36(21-19-34)37-17-13-23-53-55-37)45(67-47-42(59)38(56(9)10)25-30(3)64-47)32(5)43(33(6)46(60)65-39)66-40(57)26-35-15-12-22-52-28-35/h12-23,28-33,38-39,42-45,47,59H,11,24-27H2,1-10H3,(H,54,61)/b16-14+/t29-,30-,31+,32+,33-,38+,39-,42-,43+,44+,45-,47+,50-,51-/m1/s1. The predicted molar refractivity (Wildman–Crippen MR) is 251 cm³/mol. The molecule has 6 rings (SSSR count). The molecule has 1 amide bonds. The zero-order chi connectivity index (χ0) is 50.2. The molecule has 3 aliphatic rings. The minimum atomic E-state index is -1.84. The number of ether oxygens (including phenoxy) is 7. The van der Waals surface area contributed by atoms with Crippen LogP contribution in [0.15, 0.2) is 73.2 Å². The molecule has 0 radical (unpaired) electrons. The van der Waals surface area contributed by atoms with Gasteiger partial charge in [0.2, 0.25) is 0 Å². The molecule has 1 aromatic carbocycles. The number of likely N-dealkylation sites (N-methyl/N-ethyl adjacent to an activating group) is 1. The number of ketones is 1. The smallest absolute Gasteiger partial charge is 0.461 e. The van der Waals surface area contributed by atoms with Crippen LogP contribution in [-0.2, 0) is 54.0 Å². The fraction of sp³-hybridized carbons (Fsp3) is 0.569. The van der Waals surface area contributed by atoms with Gasteiger partial charge in [-0.25, -0.2) is 9.59 Å². The van der Waals surface area contributed by atoms with E-state index in [0.29, 0.717) is 12.0 Å². The Kier molecular flexibility index (Phi) is 17.3. The third-order valence-corrected chi connectivity index (χ3v) is 13.7. The van der Waals surface area contributed by atoms with E-state index in [-0.39, 0.29) is 31.7 Å². The van der Waals surface area contributed by atoms with E-state index < -0.39 is 108 Å². The molecule has 2 aromatic heterocycles. The summed E-state index contributed by atoms with van der Waals surface area (Å²) in [5, 5.41) is 22.7. The van der Waals surface area contributed by atoms with E-state index in [4.69, 9.17) is 33.2 Å². The van der Waals surface area contributed by atoms with Crippen LogP contribution in [0.2, 0.25) is 0 Å². The molecule has 0 spiro atoms. The number of aromatic nitrogens is 3. The summed E-state index contributed by atoms with van der Waals surface area (Å²) in [7, 11) is 3.65. The summed E-state index contributed by atoms with van der Waals surface area (Å²) >= 11 is 0. The highest BCUT2D eigenvalue weighted by Crippen LogP contribution is 2.42. The van der Waals surface area contributed by atoms with Gasteiger partial charge in [-0.3, -0.25) is 19.4 Å². The number of fused-ring (bicyclic) bond motifs is 1. The summed E-state index contributed by atoms with van der Waals surface area (Å²) in [6.45, 7) is 13.1. The lowest BCUT2D eigenvalue weighted by Crippen LogP contribution is -2.61. The molecule has 374 valence electrons. The fourth-order valence-corrected chi connectivity index (χ4v) is 10.0. The van der Waals surface area contributed by atoms with Crippen LogP contribution in [-0.4, -0.2) is 136 Å². The van der Waals surface area contributed by atoms with Crippen LogP contribution in [0.25, 0.3) is 17.3 Å². The molecule has 0 aliphatic carbocycles. The predicted octanol–water partition coefficient (Wildman–Crippen LogP) is 6.14. The van der Waals surface area contributed by atoms with Gasteiger partial charge < -0.3 is 48.5 Å². The van der Waals surface area contributed by atoms with Gasteiger partial charge in [0.25, 0.3) is 0 Å². The van der Waals surface area contributed by atoms with Gasteiger partial charge in [0, 0.05) is 47.9 Å². The number of hydrogen-bond acceptors (Lipinski definition) is 17. The molecule has 0 unspecified atom stereocenters. The first-order chi connectivity index (χ1) is 32.7. The number of Topliss-reactive ketones (excluding diaryl/α,β-unsaturated/α-hetero) is 1. The van der Waals surface area contributed by atoms with Crippen molar-refractivity contribution in [1.82, 2.24) is 25.4 Å². The Labute approximate surface area is 403 Å². The quantitative estimate of drug-likeness (QED) is 0.154. The van der Waals surface area contributed by atoms with E-state index in [1.54, 1.807) is 91.2 Å². The number of rotatable bonds is 12. The number of carbonyl (C=O) groups is 5. The number of nitrogens with one attached hydrogen (secondary N) is 1. The first-order valence-electron chi connectivity index (χ1n) is 23.6. The van der Waals surface area contributed by atoms with Crippen molar-refractivity contribution in [2.45, 2.75) is 141 Å². The Balaban J connectivity index is 1.40. The van der Waals surface area contributed by atoms with Gasteiger partial charge in [0.1, 0.15) is 42.4 Å². The summed E-state index contributed by atoms with van der Waals surface area (Å²) in [6, 6.07) is 13.2. The van der Waals surface area contributed by atoms with Crippen molar-refractivity contribution < 1.29 is 62.2 Å². The Morgan fingerprint density at radius 2 is 1.71 bits per heavy atom. The zero-order valence-corrected chi connectivity index (χ0v) is 41.1. The topological polar surface area (TPSA) is 224 Å². The van der Waals surface area contributed by atoms with Crippen LogP contribution in [0, 0.1) is 23.7 Å². The van der Waals surface area contributed by atoms with Gasteiger partial charge in [0.15, 0.2) is 11.9 Å². The first kappa shape index (κ1) is 52.5. The second-order valence-electron chi connectivity index (χ2n) is 19.2. The van der Waals surface area contributed by atoms with E-state index in [1.807, 2.05) is 56.3 Å². The minimum absolute atomic E-state index is 0.200. The number of cyclic esters (lactones) is 1. The number of nitrogens with zero attached hydrogens (tertiary/aromatic N) is 4. The van der Waals surface area contributed by atoms with Crippen LogP contribution < -0.4 is 5.32 Å². The molecule has 14 atom stereocenters. The molecule has 5 heterocycles. The molecular formula is C51H67N5O13. The van der Waals surface area contributed by atoms with E-state index in [0.717, 1.165) is 16.8 Å². The number of alkyl carbamates (subject to hydrolysis) is 1. The Hall–Kier alpha value is -5.82. The van der Waals surface area contributed by atoms with E-state index in [2.05, 4.69) is 20.5 Å². The van der Waals surface area contributed by atoms with Gasteiger partial charge >= 0.3 is 24.2 Å². The Bertz CT molecular complexity index is 2270. The van der Waals surface area contributed by atoms with E-state index in [1.165, 1.54) is 6.20 Å². The van der Waals surface area contributed by atoms with Crippen molar-refractivity contribution in [1.29, 1.82) is 0 Å². The highest BCUT2D eigenvalue weighted by molar-refractivity contribution is 5.85. The number of aliphatic hydroxyl groups is 1. The second-order valence-corrected chi connectivity index (χ2v) is 19.2. The van der Waals surface area contributed by atoms with Crippen molar-refractivity contribution in [3.05, 3.63) is 84.3 Å². The summed E-state index contributed by atoms with van der Waals surface area (Å²) in [6.07, 6.45) is -0.270. The van der Waals surface area contributed by atoms with Crippen LogP contribution in [0.5, 0.6) is 0 Å². The molecule has 0 saturated carbocycles. The molecule has 18 heteroatoms. The summed E-state index contributed by atoms with van der Waals surface area (Å²) in [4.78, 5) is 76.3. The first-order valence-corrected chi connectivity index (χ1v) is 23.6. The highest BCUT2D eigenvalue weighted by Gasteiger charge is 2.58. The molecule has 2 N–H and O–H groups in total. The third kappa shape index (κ3) is 12.5. The fourth-order valence-electron chi connectivity index (χ4n) is 10.0. The Morgan fingerprint density at radius 3 is 2.36 bits per heavy atom. The highest BCUT2D eigenvalue weighted by atomic mass is 16.8. The maximum Gasteiger partial charge on any atom is 0.509 e. The number of carbonyl (C=O) groups excluding carboxylic acids is 5. The van der Waals surface area contributed by atoms with Gasteiger partial charge in [-0.2, -0.15) is 10.2 Å². The van der Waals surface area contributed by atoms with Crippen molar-refractivity contribution >= 4 is 36.0 Å².